The third-order valence-corrected chi connectivity index (χ3v) is 3.89. The van der Waals surface area contributed by atoms with E-state index >= 15 is 0 Å². The van der Waals surface area contributed by atoms with Crippen molar-refractivity contribution in [1.29, 1.82) is 0 Å². The van der Waals surface area contributed by atoms with Crippen LogP contribution in [0.15, 0.2) is 67.0 Å². The summed E-state index contributed by atoms with van der Waals surface area (Å²) >= 11 is 0. The molecule has 1 amide bonds. The van der Waals surface area contributed by atoms with Gasteiger partial charge in [0.2, 0.25) is 0 Å². The fraction of sp³-hybridized carbons (Fsp3) is 0.158. The molecule has 1 aromatic heterocycles. The summed E-state index contributed by atoms with van der Waals surface area (Å²) in [5, 5.41) is 11.2. The highest BCUT2D eigenvalue weighted by molar-refractivity contribution is 5.96. The van der Waals surface area contributed by atoms with E-state index in [0.29, 0.717) is 17.7 Å². The van der Waals surface area contributed by atoms with E-state index in [0.717, 1.165) is 5.56 Å². The lowest BCUT2D eigenvalue weighted by atomic mass is 10.1. The molecule has 7 heteroatoms. The number of esters is 1. The highest BCUT2D eigenvalue weighted by atomic mass is 16.5. The van der Waals surface area contributed by atoms with Gasteiger partial charge in [-0.25, -0.2) is 4.79 Å². The van der Waals surface area contributed by atoms with Crippen LogP contribution in [0.4, 0.5) is 0 Å². The molecular formula is C19H18N4O3. The van der Waals surface area contributed by atoms with E-state index < -0.39 is 5.97 Å². The van der Waals surface area contributed by atoms with E-state index in [4.69, 9.17) is 0 Å². The van der Waals surface area contributed by atoms with Crippen LogP contribution in [0.5, 0.6) is 0 Å². The molecule has 0 spiro atoms. The Bertz CT molecular complexity index is 862. The number of nitrogens with zero attached hydrogens (tertiary/aromatic N) is 3. The van der Waals surface area contributed by atoms with E-state index in [9.17, 15) is 9.59 Å². The zero-order chi connectivity index (χ0) is 18.4. The lowest BCUT2D eigenvalue weighted by molar-refractivity contribution is 0.0600. The molecule has 1 atom stereocenters. The molecule has 0 aliphatic rings. The van der Waals surface area contributed by atoms with Crippen LogP contribution in [0.2, 0.25) is 0 Å². The van der Waals surface area contributed by atoms with Gasteiger partial charge in [0.1, 0.15) is 0 Å². The second kappa shape index (κ2) is 8.06. The maximum Gasteiger partial charge on any atom is 0.337 e. The maximum atomic E-state index is 12.6. The second-order valence-corrected chi connectivity index (χ2v) is 5.59. The van der Waals surface area contributed by atoms with Crippen LogP contribution in [0.3, 0.4) is 0 Å². The Morgan fingerprint density at radius 3 is 2.23 bits per heavy atom. The van der Waals surface area contributed by atoms with Gasteiger partial charge in [0, 0.05) is 5.56 Å². The van der Waals surface area contributed by atoms with Gasteiger partial charge < -0.3 is 10.1 Å². The molecule has 0 fully saturated rings. The molecule has 1 heterocycles. The third kappa shape index (κ3) is 4.13. The van der Waals surface area contributed by atoms with Crippen LogP contribution in [-0.4, -0.2) is 34.0 Å². The van der Waals surface area contributed by atoms with Crippen LogP contribution >= 0.6 is 0 Å². The smallest absolute Gasteiger partial charge is 0.337 e. The van der Waals surface area contributed by atoms with Crippen molar-refractivity contribution in [2.45, 2.75) is 12.6 Å². The van der Waals surface area contributed by atoms with Crippen molar-refractivity contribution in [3.8, 4) is 0 Å². The minimum atomic E-state index is -0.441. The molecule has 0 aliphatic carbocycles. The first-order valence-electron chi connectivity index (χ1n) is 8.05. The number of nitrogens with one attached hydrogen (secondary N) is 1. The molecule has 0 aliphatic heterocycles. The number of ether oxygens (including phenoxy) is 1. The molecule has 0 saturated heterocycles. The van der Waals surface area contributed by atoms with Crippen LogP contribution in [0.25, 0.3) is 0 Å². The van der Waals surface area contributed by atoms with Crippen molar-refractivity contribution in [2.24, 2.45) is 0 Å². The summed E-state index contributed by atoms with van der Waals surface area (Å²) in [6.45, 7) is 0.406. The average molecular weight is 350 g/mol. The molecule has 0 saturated carbocycles. The molecule has 1 N–H and O–H groups in total. The number of rotatable bonds is 6. The van der Waals surface area contributed by atoms with Crippen LogP contribution in [0.1, 0.15) is 32.3 Å². The molecule has 132 valence electrons. The van der Waals surface area contributed by atoms with Crippen molar-refractivity contribution in [2.75, 3.05) is 7.11 Å². The van der Waals surface area contributed by atoms with Gasteiger partial charge in [0.25, 0.3) is 5.91 Å². The molecule has 7 nitrogen and oxygen atoms in total. The molecule has 3 rings (SSSR count). The highest BCUT2D eigenvalue weighted by Crippen LogP contribution is 2.16. The fourth-order valence-corrected chi connectivity index (χ4v) is 2.54. The number of amides is 1. The van der Waals surface area contributed by atoms with Gasteiger partial charge in [-0.05, 0) is 29.8 Å². The largest absolute Gasteiger partial charge is 0.465 e. The molecule has 0 unspecified atom stereocenters. The van der Waals surface area contributed by atoms with Crippen molar-refractivity contribution in [1.82, 2.24) is 20.3 Å². The van der Waals surface area contributed by atoms with E-state index in [-0.39, 0.29) is 11.9 Å². The van der Waals surface area contributed by atoms with Gasteiger partial charge in [-0.3, -0.25) is 4.79 Å². The highest BCUT2D eigenvalue weighted by Gasteiger charge is 2.17. The minimum absolute atomic E-state index is 0.248. The molecule has 26 heavy (non-hydrogen) atoms. The van der Waals surface area contributed by atoms with Crippen LogP contribution in [-0.2, 0) is 11.3 Å². The summed E-state index contributed by atoms with van der Waals surface area (Å²) in [4.78, 5) is 25.7. The summed E-state index contributed by atoms with van der Waals surface area (Å²) in [7, 11) is 1.32. The predicted molar refractivity (Wildman–Crippen MR) is 94.5 cm³/mol. The normalized spacial score (nSPS) is 11.6. The van der Waals surface area contributed by atoms with Crippen molar-refractivity contribution in [3.63, 3.8) is 0 Å². The number of benzene rings is 2. The number of hydrogen-bond acceptors (Lipinski definition) is 5. The van der Waals surface area contributed by atoms with Gasteiger partial charge >= 0.3 is 5.97 Å². The monoisotopic (exact) mass is 350 g/mol. The summed E-state index contributed by atoms with van der Waals surface area (Å²) < 4.78 is 4.66. The Kier molecular flexibility index (Phi) is 5.38. The average Bonchev–Trinajstić information content (AvgIpc) is 3.20. The maximum absolute atomic E-state index is 12.6. The standard InChI is InChI=1S/C19H18N4O3/c1-26-19(25)16-9-7-15(8-10-16)18(24)22-17(13-23-20-11-12-21-23)14-5-3-2-4-6-14/h2-12,17H,13H2,1H3,(H,22,24)/t17-/m1/s1. The molecular weight excluding hydrogens is 332 g/mol. The van der Waals surface area contributed by atoms with Crippen LogP contribution in [0, 0.1) is 0 Å². The molecule has 3 aromatic rings. The minimum Gasteiger partial charge on any atom is -0.465 e. The zero-order valence-corrected chi connectivity index (χ0v) is 14.2. The lowest BCUT2D eigenvalue weighted by Gasteiger charge is -2.19. The Labute approximate surface area is 150 Å². The van der Waals surface area contributed by atoms with Gasteiger partial charge in [-0.1, -0.05) is 30.3 Å². The number of methoxy groups -OCH3 is 1. The second-order valence-electron chi connectivity index (χ2n) is 5.59. The lowest BCUT2D eigenvalue weighted by Crippen LogP contribution is -2.32. The molecule has 0 bridgehead atoms. The van der Waals surface area contributed by atoms with Crippen molar-refractivity contribution in [3.05, 3.63) is 83.7 Å². The number of hydrogen-bond donors (Lipinski definition) is 1. The number of aromatic nitrogens is 3. The molecule has 0 radical (unpaired) electrons. The first-order chi connectivity index (χ1) is 12.7. The van der Waals surface area contributed by atoms with Crippen molar-refractivity contribution >= 4 is 11.9 Å². The SMILES string of the molecule is COC(=O)c1ccc(C(=O)N[C@H](Cn2nccn2)c2ccccc2)cc1. The Balaban J connectivity index is 1.77. The third-order valence-electron chi connectivity index (χ3n) is 3.89. The fourth-order valence-electron chi connectivity index (χ4n) is 2.54. The summed E-state index contributed by atoms with van der Waals surface area (Å²) in [6, 6.07) is 15.6. The summed E-state index contributed by atoms with van der Waals surface area (Å²) in [6.07, 6.45) is 3.19. The van der Waals surface area contributed by atoms with E-state index in [2.05, 4.69) is 20.3 Å². The number of carbonyl (C=O) groups is 2. The van der Waals surface area contributed by atoms with E-state index in [1.807, 2.05) is 30.3 Å². The van der Waals surface area contributed by atoms with E-state index in [1.165, 1.54) is 11.9 Å². The van der Waals surface area contributed by atoms with Crippen molar-refractivity contribution < 1.29 is 14.3 Å². The molecule has 2 aromatic carbocycles. The van der Waals surface area contributed by atoms with Crippen LogP contribution < -0.4 is 5.32 Å². The summed E-state index contributed by atoms with van der Waals surface area (Å²) in [5.74, 6) is -0.689. The topological polar surface area (TPSA) is 86.1 Å². The number of carbonyl (C=O) groups excluding carboxylic acids is 2. The van der Waals surface area contributed by atoms with E-state index in [1.54, 1.807) is 36.7 Å². The Morgan fingerprint density at radius 2 is 1.62 bits per heavy atom. The summed E-state index contributed by atoms with van der Waals surface area (Å²) in [5.41, 5.74) is 1.79. The quantitative estimate of drug-likeness (QED) is 0.689. The predicted octanol–water partition coefficient (Wildman–Crippen LogP) is 2.24. The van der Waals surface area contributed by atoms with Gasteiger partial charge in [-0.2, -0.15) is 15.0 Å². The zero-order valence-electron chi connectivity index (χ0n) is 14.2. The van der Waals surface area contributed by atoms with Gasteiger partial charge in [-0.15, -0.1) is 0 Å². The van der Waals surface area contributed by atoms with Gasteiger partial charge in [0.15, 0.2) is 0 Å². The Hall–Kier alpha value is -3.48. The first-order valence-corrected chi connectivity index (χ1v) is 8.05. The van der Waals surface area contributed by atoms with Gasteiger partial charge in [0.05, 0.1) is 37.7 Å². The first kappa shape index (κ1) is 17.3. The Morgan fingerprint density at radius 1 is 1.00 bits per heavy atom.